The number of amides is 1. The second-order valence-corrected chi connectivity index (χ2v) is 8.26. The van der Waals surface area contributed by atoms with Crippen LogP contribution in [0.1, 0.15) is 35.2 Å². The number of likely N-dealkylation sites (tertiary alicyclic amines) is 2. The molecule has 0 bridgehead atoms. The van der Waals surface area contributed by atoms with Gasteiger partial charge in [0, 0.05) is 37.7 Å². The summed E-state index contributed by atoms with van der Waals surface area (Å²) in [6.07, 6.45) is 1.06. The molecule has 0 radical (unpaired) electrons. The molecule has 156 valence electrons. The van der Waals surface area contributed by atoms with E-state index < -0.39 is 0 Å². The number of carbonyl (C=O) groups excluding carboxylic acids is 1. The number of aromatic nitrogens is 1. The number of para-hydroxylation sites is 1. The second kappa shape index (κ2) is 8.16. The molecular weight excluding hydrogens is 370 g/mol. The summed E-state index contributed by atoms with van der Waals surface area (Å²) in [4.78, 5) is 17.3. The molecule has 0 N–H and O–H groups in total. The Labute approximate surface area is 171 Å². The summed E-state index contributed by atoms with van der Waals surface area (Å²) in [6.45, 7) is 8.10. The lowest BCUT2D eigenvalue weighted by Gasteiger charge is -2.47. The van der Waals surface area contributed by atoms with E-state index in [1.165, 1.54) is 0 Å². The monoisotopic (exact) mass is 399 g/mol. The van der Waals surface area contributed by atoms with Crippen molar-refractivity contribution in [3.05, 3.63) is 47.3 Å². The van der Waals surface area contributed by atoms with Crippen LogP contribution in [0.3, 0.4) is 0 Å². The Bertz CT molecular complexity index is 845. The van der Waals surface area contributed by atoms with Gasteiger partial charge in [-0.1, -0.05) is 23.4 Å². The highest BCUT2D eigenvalue weighted by atomic mass is 16.5. The molecule has 2 aromatic rings. The maximum atomic E-state index is 13.1. The summed E-state index contributed by atoms with van der Waals surface area (Å²) in [6, 6.07) is 9.97. The highest BCUT2D eigenvalue weighted by Crippen LogP contribution is 2.42. The third-order valence-electron chi connectivity index (χ3n) is 6.04. The maximum absolute atomic E-state index is 13.1. The molecule has 1 atom stereocenters. The first-order valence-electron chi connectivity index (χ1n) is 10.2. The molecule has 7 heteroatoms. The fourth-order valence-electron chi connectivity index (χ4n) is 4.51. The largest absolute Gasteiger partial charge is 0.489 e. The molecule has 1 aromatic carbocycles. The van der Waals surface area contributed by atoms with Gasteiger partial charge >= 0.3 is 0 Å². The maximum Gasteiger partial charge on any atom is 0.276 e. The molecule has 7 nitrogen and oxygen atoms in total. The van der Waals surface area contributed by atoms with E-state index in [1.807, 2.05) is 49.1 Å². The summed E-state index contributed by atoms with van der Waals surface area (Å²) in [7, 11) is 2.14. The molecule has 1 spiro atoms. The molecule has 2 fully saturated rings. The van der Waals surface area contributed by atoms with Crippen molar-refractivity contribution in [3.63, 3.8) is 0 Å². The summed E-state index contributed by atoms with van der Waals surface area (Å²) in [5.74, 6) is 1.30. The Hall–Kier alpha value is -2.38. The number of nitrogens with zero attached hydrogens (tertiary/aromatic N) is 3. The van der Waals surface area contributed by atoms with Gasteiger partial charge in [-0.05, 0) is 39.4 Å². The predicted molar refractivity (Wildman–Crippen MR) is 108 cm³/mol. The number of aryl methyl sites for hydroxylation is 1. The molecule has 4 rings (SSSR count). The lowest BCUT2D eigenvalue weighted by Crippen LogP contribution is -2.59. The third kappa shape index (κ3) is 4.02. The zero-order chi connectivity index (χ0) is 20.4. The fraction of sp³-hybridized carbons (Fsp3) is 0.545. The molecule has 29 heavy (non-hydrogen) atoms. The van der Waals surface area contributed by atoms with Gasteiger partial charge in [0.05, 0.1) is 12.2 Å². The van der Waals surface area contributed by atoms with Crippen molar-refractivity contribution in [1.29, 1.82) is 0 Å². The number of hydrogen-bond donors (Lipinski definition) is 0. The predicted octanol–water partition coefficient (Wildman–Crippen LogP) is 2.74. The van der Waals surface area contributed by atoms with Crippen LogP contribution in [0.2, 0.25) is 0 Å². The van der Waals surface area contributed by atoms with Gasteiger partial charge in [0.25, 0.3) is 5.91 Å². The minimum absolute atomic E-state index is 0.0740. The summed E-state index contributed by atoms with van der Waals surface area (Å²) in [5, 5.41) is 4.04. The molecule has 3 heterocycles. The number of carbonyl (C=O) groups is 1. The van der Waals surface area contributed by atoms with Crippen LogP contribution >= 0.6 is 0 Å². The fourth-order valence-corrected chi connectivity index (χ4v) is 4.51. The molecule has 0 aliphatic carbocycles. The Balaban J connectivity index is 1.38. The highest BCUT2D eigenvalue weighted by molar-refractivity contribution is 5.94. The van der Waals surface area contributed by atoms with Crippen LogP contribution < -0.4 is 4.74 Å². The molecule has 1 amide bonds. The average Bonchev–Trinajstić information content (AvgIpc) is 3.23. The number of hydrogen-bond acceptors (Lipinski definition) is 6. The quantitative estimate of drug-likeness (QED) is 0.713. The van der Waals surface area contributed by atoms with Crippen LogP contribution in [0.15, 0.2) is 34.9 Å². The number of benzene rings is 1. The number of likely N-dealkylation sites (N-methyl/N-ethyl adjacent to an activating group) is 1. The smallest absolute Gasteiger partial charge is 0.276 e. The van der Waals surface area contributed by atoms with Crippen LogP contribution in [0.25, 0.3) is 0 Å². The van der Waals surface area contributed by atoms with Gasteiger partial charge < -0.3 is 23.8 Å². The Kier molecular flexibility index (Phi) is 5.61. The van der Waals surface area contributed by atoms with Crippen LogP contribution in [-0.2, 0) is 11.3 Å². The zero-order valence-corrected chi connectivity index (χ0v) is 17.4. The molecule has 0 saturated carbocycles. The molecule has 2 aliphatic heterocycles. The first-order chi connectivity index (χ1) is 14.0. The van der Waals surface area contributed by atoms with Crippen molar-refractivity contribution in [3.8, 4) is 5.75 Å². The van der Waals surface area contributed by atoms with Crippen molar-refractivity contribution >= 4 is 5.91 Å². The van der Waals surface area contributed by atoms with Gasteiger partial charge in [0.2, 0.25) is 0 Å². The normalized spacial score (nSPS) is 20.8. The average molecular weight is 399 g/mol. The summed E-state index contributed by atoms with van der Waals surface area (Å²) in [5.41, 5.74) is 1.26. The molecule has 1 aromatic heterocycles. The van der Waals surface area contributed by atoms with Gasteiger partial charge in [-0.25, -0.2) is 0 Å². The van der Waals surface area contributed by atoms with E-state index in [0.717, 1.165) is 50.6 Å². The second-order valence-electron chi connectivity index (χ2n) is 8.26. The van der Waals surface area contributed by atoms with Crippen LogP contribution in [0, 0.1) is 12.3 Å². The van der Waals surface area contributed by atoms with Crippen molar-refractivity contribution in [2.24, 2.45) is 5.41 Å². The van der Waals surface area contributed by atoms with Gasteiger partial charge in [-0.3, -0.25) is 4.79 Å². The van der Waals surface area contributed by atoms with Crippen LogP contribution in [0.5, 0.6) is 5.75 Å². The standard InChI is InChI=1S/C22H29N3O4/c1-4-27-11-17-10-22(13-24(17)3)14-25(15-22)21(26)20-19(16(2)29-23-20)12-28-18-8-6-5-7-9-18/h5-9,17H,4,10-15H2,1-3H3. The number of rotatable bonds is 7. The SMILES string of the molecule is CCOCC1CC2(CN(C(=O)c3noc(C)c3COc3ccccc3)C2)CN1C. The highest BCUT2D eigenvalue weighted by Gasteiger charge is 2.52. The topological polar surface area (TPSA) is 68.0 Å². The summed E-state index contributed by atoms with van der Waals surface area (Å²) < 4.78 is 16.8. The third-order valence-corrected chi connectivity index (χ3v) is 6.04. The Morgan fingerprint density at radius 2 is 2.03 bits per heavy atom. The zero-order valence-electron chi connectivity index (χ0n) is 17.4. The molecule has 1 unspecified atom stereocenters. The molecule has 2 aliphatic rings. The van der Waals surface area contributed by atoms with E-state index >= 15 is 0 Å². The molecule has 2 saturated heterocycles. The first-order valence-corrected chi connectivity index (χ1v) is 10.2. The Morgan fingerprint density at radius 1 is 1.28 bits per heavy atom. The van der Waals surface area contributed by atoms with Crippen LogP contribution in [0.4, 0.5) is 0 Å². The van der Waals surface area contributed by atoms with Crippen molar-refractivity contribution in [2.75, 3.05) is 39.9 Å². The Morgan fingerprint density at radius 3 is 2.76 bits per heavy atom. The van der Waals surface area contributed by atoms with Gasteiger partial charge in [-0.2, -0.15) is 0 Å². The minimum Gasteiger partial charge on any atom is -0.489 e. The van der Waals surface area contributed by atoms with Gasteiger partial charge in [0.15, 0.2) is 5.69 Å². The minimum atomic E-state index is -0.0740. The lowest BCUT2D eigenvalue weighted by molar-refractivity contribution is 0.0101. The van der Waals surface area contributed by atoms with E-state index in [0.29, 0.717) is 17.5 Å². The van der Waals surface area contributed by atoms with E-state index in [1.54, 1.807) is 0 Å². The first kappa shape index (κ1) is 19.9. The van der Waals surface area contributed by atoms with E-state index in [-0.39, 0.29) is 17.9 Å². The van der Waals surface area contributed by atoms with E-state index in [9.17, 15) is 4.79 Å². The van der Waals surface area contributed by atoms with Crippen molar-refractivity contribution in [2.45, 2.75) is 32.9 Å². The van der Waals surface area contributed by atoms with E-state index in [4.69, 9.17) is 14.0 Å². The molecular formula is C22H29N3O4. The van der Waals surface area contributed by atoms with Crippen LogP contribution in [-0.4, -0.2) is 66.8 Å². The van der Waals surface area contributed by atoms with Crippen molar-refractivity contribution in [1.82, 2.24) is 15.0 Å². The van der Waals surface area contributed by atoms with Gasteiger partial charge in [0.1, 0.15) is 18.1 Å². The lowest BCUT2D eigenvalue weighted by atomic mass is 9.77. The van der Waals surface area contributed by atoms with Crippen molar-refractivity contribution < 1.29 is 18.8 Å². The van der Waals surface area contributed by atoms with Gasteiger partial charge in [-0.15, -0.1) is 0 Å². The number of ether oxygens (including phenoxy) is 2. The van der Waals surface area contributed by atoms with E-state index in [2.05, 4.69) is 17.1 Å². The summed E-state index contributed by atoms with van der Waals surface area (Å²) >= 11 is 0.